The predicted octanol–water partition coefficient (Wildman–Crippen LogP) is 0.581. The van der Waals surface area contributed by atoms with Crippen molar-refractivity contribution in [1.29, 1.82) is 0 Å². The van der Waals surface area contributed by atoms with Gasteiger partial charge < -0.3 is 0 Å². The van der Waals surface area contributed by atoms with Gasteiger partial charge in [-0.3, -0.25) is 4.79 Å². The van der Waals surface area contributed by atoms with E-state index in [0.29, 0.717) is 4.79 Å². The summed E-state index contributed by atoms with van der Waals surface area (Å²) in [4.78, 5) is 10.6. The molecule has 0 fully saturated rings. The minimum absolute atomic E-state index is 0.182. The highest BCUT2D eigenvalue weighted by atomic mass is 19.2. The third kappa shape index (κ3) is 0.932. The molecular formula is C5H4FNO. The van der Waals surface area contributed by atoms with Crippen molar-refractivity contribution in [3.63, 3.8) is 0 Å². The molecular weight excluding hydrogens is 109 g/mol. The van der Waals surface area contributed by atoms with Crippen LogP contribution in [0.15, 0.2) is 29.3 Å². The Morgan fingerprint density at radius 1 is 1.38 bits per heavy atom. The van der Waals surface area contributed by atoms with Crippen LogP contribution in [0.25, 0.3) is 0 Å². The van der Waals surface area contributed by atoms with Crippen LogP contribution in [0, 0.1) is 0 Å². The van der Waals surface area contributed by atoms with Gasteiger partial charge in [0.2, 0.25) is 0 Å². The van der Waals surface area contributed by atoms with Gasteiger partial charge in [0.1, 0.15) is 0 Å². The highest BCUT2D eigenvalue weighted by Gasteiger charge is 1.79. The van der Waals surface area contributed by atoms with Crippen LogP contribution in [0.2, 0.25) is 0 Å². The Bertz CT molecular complexity index is 210. The van der Waals surface area contributed by atoms with E-state index in [1.165, 1.54) is 0 Å². The summed E-state index contributed by atoms with van der Waals surface area (Å²) in [5.74, 6) is 0. The van der Waals surface area contributed by atoms with Crippen LogP contribution in [0.4, 0.5) is 4.48 Å². The molecule has 1 rings (SSSR count). The first-order chi connectivity index (χ1) is 3.79. The fourth-order valence-corrected chi connectivity index (χ4v) is 0.395. The Morgan fingerprint density at radius 2 is 1.88 bits per heavy atom. The van der Waals surface area contributed by atoms with Crippen LogP contribution in [-0.2, 0) is 0 Å². The van der Waals surface area contributed by atoms with E-state index in [0.717, 1.165) is 24.5 Å². The number of hydrogen-bond donors (Lipinski definition) is 0. The molecule has 3 heteroatoms. The number of halogens is 1. The molecule has 0 amide bonds. The zero-order valence-corrected chi connectivity index (χ0v) is 4.04. The lowest BCUT2D eigenvalue weighted by Crippen LogP contribution is -1.96. The van der Waals surface area contributed by atoms with E-state index in [-0.39, 0.29) is 5.43 Å². The summed E-state index contributed by atoms with van der Waals surface area (Å²) in [5.41, 5.74) is -0.182. The molecule has 0 unspecified atom stereocenters. The molecule has 0 saturated heterocycles. The molecule has 0 radical (unpaired) electrons. The van der Waals surface area contributed by atoms with Gasteiger partial charge >= 0.3 is 0 Å². The molecule has 1 aromatic heterocycles. The van der Waals surface area contributed by atoms with E-state index in [9.17, 15) is 9.28 Å². The van der Waals surface area contributed by atoms with Crippen molar-refractivity contribution in [2.45, 2.75) is 0 Å². The van der Waals surface area contributed by atoms with Gasteiger partial charge in [-0.05, 0) is 0 Å². The largest absolute Gasteiger partial charge is 0.290 e. The SMILES string of the molecule is O=c1ccn(F)cc1. The van der Waals surface area contributed by atoms with E-state index in [2.05, 4.69) is 0 Å². The highest BCUT2D eigenvalue weighted by molar-refractivity contribution is 4.91. The number of nitrogens with zero attached hydrogens (tertiary/aromatic N) is 1. The molecule has 42 valence electrons. The van der Waals surface area contributed by atoms with Crippen LogP contribution >= 0.6 is 0 Å². The Hall–Kier alpha value is -1.12. The number of pyridine rings is 1. The second kappa shape index (κ2) is 1.78. The van der Waals surface area contributed by atoms with E-state index < -0.39 is 0 Å². The lowest BCUT2D eigenvalue weighted by Gasteiger charge is -1.84. The maximum absolute atomic E-state index is 11.9. The Morgan fingerprint density at radius 3 is 2.25 bits per heavy atom. The van der Waals surface area contributed by atoms with Gasteiger partial charge in [0.15, 0.2) is 5.43 Å². The molecule has 0 spiro atoms. The maximum atomic E-state index is 11.9. The van der Waals surface area contributed by atoms with E-state index in [4.69, 9.17) is 0 Å². The van der Waals surface area contributed by atoms with Crippen molar-refractivity contribution >= 4 is 0 Å². The normalized spacial score (nSPS) is 9.12. The van der Waals surface area contributed by atoms with Gasteiger partial charge in [-0.1, -0.05) is 4.48 Å². The molecule has 0 aliphatic heterocycles. The molecule has 0 atom stereocenters. The summed E-state index contributed by atoms with van der Waals surface area (Å²) in [6.07, 6.45) is 2.12. The number of aromatic nitrogens is 1. The van der Waals surface area contributed by atoms with Crippen LogP contribution in [0.5, 0.6) is 0 Å². The third-order valence-electron chi connectivity index (χ3n) is 0.762. The molecule has 0 aliphatic carbocycles. The molecule has 0 aromatic carbocycles. The van der Waals surface area contributed by atoms with Crippen LogP contribution in [0.3, 0.4) is 0 Å². The van der Waals surface area contributed by atoms with Crippen LogP contribution in [0.1, 0.15) is 0 Å². The summed E-state index contributed by atoms with van der Waals surface area (Å²) in [6, 6.07) is 2.31. The summed E-state index contributed by atoms with van der Waals surface area (Å²) in [7, 11) is 0. The van der Waals surface area contributed by atoms with Crippen LogP contribution in [-0.4, -0.2) is 4.79 Å². The van der Waals surface area contributed by atoms with Crippen molar-refractivity contribution in [2.75, 3.05) is 0 Å². The third-order valence-corrected chi connectivity index (χ3v) is 0.762. The average molecular weight is 113 g/mol. The number of rotatable bonds is 0. The second-order valence-electron chi connectivity index (χ2n) is 1.38. The standard InChI is InChI=1S/C5H4FNO/c6-7-3-1-5(8)2-4-7/h1-4H. The quantitative estimate of drug-likeness (QED) is 0.482. The first-order valence-electron chi connectivity index (χ1n) is 2.13. The van der Waals surface area contributed by atoms with Crippen molar-refractivity contribution in [2.24, 2.45) is 0 Å². The van der Waals surface area contributed by atoms with Crippen molar-refractivity contribution in [3.8, 4) is 0 Å². The first-order valence-corrected chi connectivity index (χ1v) is 2.13. The molecule has 0 bridgehead atoms. The van der Waals surface area contributed by atoms with E-state index in [1.807, 2.05) is 0 Å². The Kier molecular flexibility index (Phi) is 1.12. The van der Waals surface area contributed by atoms with Crippen molar-refractivity contribution in [3.05, 3.63) is 34.7 Å². The van der Waals surface area contributed by atoms with Gasteiger partial charge in [0.05, 0.1) is 0 Å². The van der Waals surface area contributed by atoms with Crippen molar-refractivity contribution < 1.29 is 4.48 Å². The Labute approximate surface area is 45.1 Å². The van der Waals surface area contributed by atoms with Gasteiger partial charge in [0, 0.05) is 24.5 Å². The maximum Gasteiger partial charge on any atom is 0.181 e. The highest BCUT2D eigenvalue weighted by Crippen LogP contribution is 1.78. The molecule has 1 heterocycles. The molecule has 2 nitrogen and oxygen atoms in total. The van der Waals surface area contributed by atoms with Gasteiger partial charge in [0.25, 0.3) is 0 Å². The monoisotopic (exact) mass is 113 g/mol. The van der Waals surface area contributed by atoms with Crippen molar-refractivity contribution in [1.82, 2.24) is 4.79 Å². The van der Waals surface area contributed by atoms with Crippen LogP contribution < -0.4 is 5.43 Å². The second-order valence-corrected chi connectivity index (χ2v) is 1.38. The minimum Gasteiger partial charge on any atom is -0.290 e. The zero-order valence-electron chi connectivity index (χ0n) is 4.04. The first kappa shape index (κ1) is 5.03. The zero-order chi connectivity index (χ0) is 5.98. The topological polar surface area (TPSA) is 22.0 Å². The fourth-order valence-electron chi connectivity index (χ4n) is 0.395. The molecule has 0 saturated carbocycles. The molecule has 0 aliphatic rings. The average Bonchev–Trinajstić information content (AvgIpc) is 1.77. The summed E-state index contributed by atoms with van der Waals surface area (Å²) in [6.45, 7) is 0. The van der Waals surface area contributed by atoms with E-state index >= 15 is 0 Å². The van der Waals surface area contributed by atoms with Gasteiger partial charge in [-0.15, -0.1) is 0 Å². The van der Waals surface area contributed by atoms with E-state index in [1.54, 1.807) is 0 Å². The van der Waals surface area contributed by atoms with Gasteiger partial charge in [-0.2, -0.15) is 4.79 Å². The molecule has 0 N–H and O–H groups in total. The lowest BCUT2D eigenvalue weighted by molar-refractivity contribution is 0.366. The Balaban J connectivity index is 3.22. The summed E-state index contributed by atoms with van der Waals surface area (Å²) < 4.78 is 11.9. The number of hydrogen-bond acceptors (Lipinski definition) is 1. The fraction of sp³-hybridized carbons (Fsp3) is 0. The summed E-state index contributed by atoms with van der Waals surface area (Å²) >= 11 is 0. The molecule has 8 heavy (non-hydrogen) atoms. The predicted molar refractivity (Wildman–Crippen MR) is 27.2 cm³/mol. The smallest absolute Gasteiger partial charge is 0.181 e. The summed E-state index contributed by atoms with van der Waals surface area (Å²) in [5, 5.41) is 0. The van der Waals surface area contributed by atoms with Gasteiger partial charge in [-0.25, -0.2) is 0 Å². The minimum atomic E-state index is -0.182. The molecule has 1 aromatic rings. The lowest BCUT2D eigenvalue weighted by atomic mass is 10.5.